The lowest BCUT2D eigenvalue weighted by molar-refractivity contribution is 0.193. The summed E-state index contributed by atoms with van der Waals surface area (Å²) in [6.45, 7) is 6.97. The first-order valence-corrected chi connectivity index (χ1v) is 8.18. The van der Waals surface area contributed by atoms with Crippen molar-refractivity contribution in [1.29, 1.82) is 0 Å². The van der Waals surface area contributed by atoms with Crippen molar-refractivity contribution >= 4 is 0 Å². The van der Waals surface area contributed by atoms with Gasteiger partial charge < -0.3 is 9.05 Å². The van der Waals surface area contributed by atoms with Crippen molar-refractivity contribution in [2.45, 2.75) is 57.9 Å². The molecule has 22 heavy (non-hydrogen) atoms. The van der Waals surface area contributed by atoms with Gasteiger partial charge in [-0.2, -0.15) is 4.98 Å². The predicted octanol–water partition coefficient (Wildman–Crippen LogP) is 2.93. The van der Waals surface area contributed by atoms with Gasteiger partial charge in [-0.1, -0.05) is 10.3 Å². The average Bonchev–Trinajstić information content (AvgIpc) is 3.19. The Balaban J connectivity index is 1.44. The molecule has 6 heteroatoms. The lowest BCUT2D eigenvalue weighted by Gasteiger charge is -2.31. The van der Waals surface area contributed by atoms with Crippen molar-refractivity contribution in [3.8, 4) is 0 Å². The van der Waals surface area contributed by atoms with Crippen LogP contribution in [0, 0.1) is 13.8 Å². The number of aryl methyl sites for hydroxylation is 2. The second-order valence-electron chi connectivity index (χ2n) is 6.64. The van der Waals surface area contributed by atoms with Crippen molar-refractivity contribution in [2.24, 2.45) is 0 Å². The fourth-order valence-electron chi connectivity index (χ4n) is 3.27. The molecule has 1 aliphatic heterocycles. The minimum Gasteiger partial charge on any atom is -0.361 e. The van der Waals surface area contributed by atoms with Crippen molar-refractivity contribution in [3.63, 3.8) is 0 Å². The molecule has 0 N–H and O–H groups in total. The van der Waals surface area contributed by atoms with E-state index in [1.165, 1.54) is 24.8 Å². The Hall–Kier alpha value is -1.69. The van der Waals surface area contributed by atoms with Crippen molar-refractivity contribution < 1.29 is 9.05 Å². The summed E-state index contributed by atoms with van der Waals surface area (Å²) in [5.41, 5.74) is 2.21. The van der Waals surface area contributed by atoms with Crippen LogP contribution in [0.5, 0.6) is 0 Å². The van der Waals surface area contributed by atoms with Crippen LogP contribution in [0.1, 0.15) is 66.3 Å². The quantitative estimate of drug-likeness (QED) is 0.865. The highest BCUT2D eigenvalue weighted by Crippen LogP contribution is 2.39. The molecule has 1 saturated heterocycles. The number of piperidine rings is 1. The van der Waals surface area contributed by atoms with Gasteiger partial charge in [-0.05, 0) is 46.1 Å². The summed E-state index contributed by atoms with van der Waals surface area (Å²) >= 11 is 0. The summed E-state index contributed by atoms with van der Waals surface area (Å²) in [5.74, 6) is 3.58. The van der Waals surface area contributed by atoms with E-state index in [4.69, 9.17) is 9.05 Å². The van der Waals surface area contributed by atoms with Crippen LogP contribution in [0.15, 0.2) is 9.05 Å². The molecular weight excluding hydrogens is 280 g/mol. The zero-order valence-corrected chi connectivity index (χ0v) is 13.2. The number of hydrogen-bond donors (Lipinski definition) is 0. The fraction of sp³-hybridized carbons (Fsp3) is 0.688. The van der Waals surface area contributed by atoms with E-state index >= 15 is 0 Å². The van der Waals surface area contributed by atoms with Gasteiger partial charge in [-0.15, -0.1) is 0 Å². The molecule has 2 aliphatic rings. The largest absolute Gasteiger partial charge is 0.361 e. The van der Waals surface area contributed by atoms with Gasteiger partial charge in [0, 0.05) is 30.5 Å². The fourth-order valence-corrected chi connectivity index (χ4v) is 3.27. The molecule has 0 spiro atoms. The summed E-state index contributed by atoms with van der Waals surface area (Å²) in [5, 5.41) is 8.27. The lowest BCUT2D eigenvalue weighted by atomic mass is 9.97. The predicted molar refractivity (Wildman–Crippen MR) is 79.5 cm³/mol. The first kappa shape index (κ1) is 13.9. The molecule has 0 aromatic carbocycles. The molecule has 0 radical (unpaired) electrons. The van der Waals surface area contributed by atoms with Gasteiger partial charge in [0.2, 0.25) is 5.89 Å². The summed E-state index contributed by atoms with van der Waals surface area (Å²) in [4.78, 5) is 7.08. The Morgan fingerprint density at radius 2 is 1.95 bits per heavy atom. The molecule has 1 saturated carbocycles. The molecule has 2 aromatic rings. The van der Waals surface area contributed by atoms with E-state index < -0.39 is 0 Å². The van der Waals surface area contributed by atoms with Crippen molar-refractivity contribution in [3.05, 3.63) is 28.7 Å². The maximum atomic E-state index is 5.42. The molecule has 4 rings (SSSR count). The van der Waals surface area contributed by atoms with E-state index in [0.29, 0.717) is 11.8 Å². The maximum absolute atomic E-state index is 5.42. The van der Waals surface area contributed by atoms with Crippen LogP contribution in [0.3, 0.4) is 0 Å². The molecule has 0 amide bonds. The van der Waals surface area contributed by atoms with Gasteiger partial charge in [-0.3, -0.25) is 4.90 Å². The summed E-state index contributed by atoms with van der Waals surface area (Å²) in [7, 11) is 0. The molecule has 6 nitrogen and oxygen atoms in total. The minimum atomic E-state index is 0.380. The SMILES string of the molecule is Cc1noc(C)c1CN1CCCC(c2noc(C3CC3)n2)C1. The van der Waals surface area contributed by atoms with Crippen LogP contribution in [0.4, 0.5) is 0 Å². The Labute approximate surface area is 129 Å². The van der Waals surface area contributed by atoms with Gasteiger partial charge in [0.15, 0.2) is 5.82 Å². The number of nitrogens with zero attached hydrogens (tertiary/aromatic N) is 4. The van der Waals surface area contributed by atoms with Gasteiger partial charge in [0.1, 0.15) is 5.76 Å². The number of aromatic nitrogens is 3. The maximum Gasteiger partial charge on any atom is 0.229 e. The van der Waals surface area contributed by atoms with Crippen LogP contribution >= 0.6 is 0 Å². The third-order valence-corrected chi connectivity index (χ3v) is 4.82. The molecule has 0 bridgehead atoms. The molecule has 3 heterocycles. The second kappa shape index (κ2) is 5.50. The normalized spacial score (nSPS) is 23.1. The summed E-state index contributed by atoms with van der Waals surface area (Å²) in [6.07, 6.45) is 4.71. The van der Waals surface area contributed by atoms with Gasteiger partial charge in [0.25, 0.3) is 0 Å². The van der Waals surface area contributed by atoms with Crippen LogP contribution < -0.4 is 0 Å². The lowest BCUT2D eigenvalue weighted by Crippen LogP contribution is -2.34. The topological polar surface area (TPSA) is 68.2 Å². The van der Waals surface area contributed by atoms with Gasteiger partial charge in [-0.25, -0.2) is 0 Å². The second-order valence-corrected chi connectivity index (χ2v) is 6.64. The van der Waals surface area contributed by atoms with Gasteiger partial charge >= 0.3 is 0 Å². The molecule has 118 valence electrons. The molecule has 1 aliphatic carbocycles. The minimum absolute atomic E-state index is 0.380. The third kappa shape index (κ3) is 2.67. The van der Waals surface area contributed by atoms with Crippen molar-refractivity contribution in [1.82, 2.24) is 20.2 Å². The van der Waals surface area contributed by atoms with Crippen LogP contribution in [-0.4, -0.2) is 33.3 Å². The standard InChI is InChI=1S/C16H22N4O2/c1-10-14(11(2)21-18-10)9-20-7-3-4-13(8-20)15-17-16(22-19-15)12-5-6-12/h12-13H,3-9H2,1-2H3. The number of likely N-dealkylation sites (tertiary alicyclic amines) is 1. The van der Waals surface area contributed by atoms with Crippen molar-refractivity contribution in [2.75, 3.05) is 13.1 Å². The van der Waals surface area contributed by atoms with E-state index in [2.05, 4.69) is 20.2 Å². The summed E-state index contributed by atoms with van der Waals surface area (Å²) in [6, 6.07) is 0. The van der Waals surface area contributed by atoms with E-state index in [-0.39, 0.29) is 0 Å². The van der Waals surface area contributed by atoms with Gasteiger partial charge in [0.05, 0.1) is 5.69 Å². The molecule has 1 unspecified atom stereocenters. The Morgan fingerprint density at radius 1 is 1.09 bits per heavy atom. The molecule has 1 atom stereocenters. The van der Waals surface area contributed by atoms with E-state index in [0.717, 1.165) is 49.2 Å². The average molecular weight is 302 g/mol. The summed E-state index contributed by atoms with van der Waals surface area (Å²) < 4.78 is 10.7. The Bertz CT molecular complexity index is 639. The molecule has 2 aromatic heterocycles. The Kier molecular flexibility index (Phi) is 3.48. The zero-order chi connectivity index (χ0) is 15.1. The van der Waals surface area contributed by atoms with E-state index in [9.17, 15) is 0 Å². The highest BCUT2D eigenvalue weighted by molar-refractivity contribution is 5.20. The molecular formula is C16H22N4O2. The van der Waals surface area contributed by atoms with E-state index in [1.807, 2.05) is 13.8 Å². The highest BCUT2D eigenvalue weighted by atomic mass is 16.5. The molecule has 2 fully saturated rings. The first-order chi connectivity index (χ1) is 10.7. The smallest absolute Gasteiger partial charge is 0.229 e. The van der Waals surface area contributed by atoms with Crippen LogP contribution in [0.2, 0.25) is 0 Å². The van der Waals surface area contributed by atoms with Crippen LogP contribution in [-0.2, 0) is 6.54 Å². The van der Waals surface area contributed by atoms with Crippen LogP contribution in [0.25, 0.3) is 0 Å². The highest BCUT2D eigenvalue weighted by Gasteiger charge is 2.32. The van der Waals surface area contributed by atoms with E-state index in [1.54, 1.807) is 0 Å². The third-order valence-electron chi connectivity index (χ3n) is 4.82. The monoisotopic (exact) mass is 302 g/mol. The number of rotatable bonds is 4. The zero-order valence-electron chi connectivity index (χ0n) is 13.2. The first-order valence-electron chi connectivity index (χ1n) is 8.18. The Morgan fingerprint density at radius 3 is 2.68 bits per heavy atom. The number of hydrogen-bond acceptors (Lipinski definition) is 6.